The first-order valence-electron chi connectivity index (χ1n) is 12.4. The Morgan fingerprint density at radius 3 is 2.49 bits per heavy atom. The van der Waals surface area contributed by atoms with E-state index in [0.717, 1.165) is 64.2 Å². The van der Waals surface area contributed by atoms with E-state index in [1.165, 1.54) is 18.2 Å². The van der Waals surface area contributed by atoms with Crippen LogP contribution >= 0.6 is 22.9 Å². The number of fused-ring (bicyclic) bond motifs is 1. The lowest BCUT2D eigenvalue weighted by Crippen LogP contribution is -2.48. The van der Waals surface area contributed by atoms with Crippen molar-refractivity contribution in [3.63, 3.8) is 0 Å². The third-order valence-corrected chi connectivity index (χ3v) is 9.54. The fourth-order valence-corrected chi connectivity index (χ4v) is 6.85. The first-order valence-corrected chi connectivity index (χ1v) is 15.1. The Labute approximate surface area is 235 Å². The van der Waals surface area contributed by atoms with E-state index in [1.807, 2.05) is 19.1 Å². The molecule has 3 aromatic carbocycles. The van der Waals surface area contributed by atoms with Gasteiger partial charge in [0.2, 0.25) is 0 Å². The number of nitrogens with zero attached hydrogens (tertiary/aromatic N) is 3. The Hall–Kier alpha value is -3.25. The number of hydrogen-bond donors (Lipinski definition) is 2. The number of benzene rings is 3. The number of carbonyl (C=O) groups excluding carboxylic acids is 1. The summed E-state index contributed by atoms with van der Waals surface area (Å²) in [5.41, 5.74) is 2.42. The molecule has 1 amide bonds. The van der Waals surface area contributed by atoms with E-state index < -0.39 is 15.8 Å². The number of anilines is 2. The lowest BCUT2D eigenvalue weighted by atomic mass is 10.1. The molecule has 2 N–H and O–H groups in total. The maximum absolute atomic E-state index is 13.2. The summed E-state index contributed by atoms with van der Waals surface area (Å²) in [5, 5.41) is 4.58. The summed E-state index contributed by atoms with van der Waals surface area (Å²) in [6.07, 6.45) is 0. The molecule has 1 fully saturated rings. The van der Waals surface area contributed by atoms with E-state index in [-0.39, 0.29) is 22.1 Å². The van der Waals surface area contributed by atoms with Crippen molar-refractivity contribution in [2.75, 3.05) is 48.9 Å². The van der Waals surface area contributed by atoms with E-state index in [2.05, 4.69) is 19.8 Å². The summed E-state index contributed by atoms with van der Waals surface area (Å²) in [6.45, 7) is 6.39. The van der Waals surface area contributed by atoms with Crippen LogP contribution < -0.4 is 14.9 Å². The van der Waals surface area contributed by atoms with Gasteiger partial charge in [-0.1, -0.05) is 41.1 Å². The van der Waals surface area contributed by atoms with Crippen LogP contribution in [0.2, 0.25) is 5.02 Å². The number of aromatic nitrogens is 1. The third kappa shape index (κ3) is 6.17. The van der Waals surface area contributed by atoms with Gasteiger partial charge >= 0.3 is 0 Å². The van der Waals surface area contributed by atoms with Crippen LogP contribution in [0.25, 0.3) is 10.2 Å². The second kappa shape index (κ2) is 11.5. The number of carbonyl (C=O) groups is 1. The Morgan fingerprint density at radius 2 is 1.77 bits per heavy atom. The zero-order valence-electron chi connectivity index (χ0n) is 21.2. The summed E-state index contributed by atoms with van der Waals surface area (Å²) in [5.74, 6) is -0.917. The van der Waals surface area contributed by atoms with Gasteiger partial charge in [-0.15, -0.1) is 0 Å². The van der Waals surface area contributed by atoms with Crippen LogP contribution in [0.4, 0.5) is 15.2 Å². The molecule has 4 aromatic rings. The summed E-state index contributed by atoms with van der Waals surface area (Å²) in [7, 11) is -3.99. The largest absolute Gasteiger partial charge is 0.351 e. The maximum atomic E-state index is 13.2. The topological polar surface area (TPSA) is 94.6 Å². The molecule has 1 saturated heterocycles. The molecule has 0 radical (unpaired) electrons. The van der Waals surface area contributed by atoms with Gasteiger partial charge in [0.1, 0.15) is 5.82 Å². The molecule has 39 heavy (non-hydrogen) atoms. The molecular formula is C27H27ClFN5O3S2. The van der Waals surface area contributed by atoms with Gasteiger partial charge < -0.3 is 10.2 Å². The van der Waals surface area contributed by atoms with Crippen LogP contribution in [0.5, 0.6) is 0 Å². The van der Waals surface area contributed by atoms with Crippen LogP contribution in [0, 0.1) is 12.7 Å². The number of nitrogens with one attached hydrogen (secondary N) is 2. The molecule has 0 atom stereocenters. The van der Waals surface area contributed by atoms with E-state index in [4.69, 9.17) is 16.6 Å². The van der Waals surface area contributed by atoms with Gasteiger partial charge in [0.15, 0.2) is 5.13 Å². The smallest absolute Gasteiger partial charge is 0.261 e. The second-order valence-electron chi connectivity index (χ2n) is 9.23. The van der Waals surface area contributed by atoms with Gasteiger partial charge in [-0.2, -0.15) is 0 Å². The highest BCUT2D eigenvalue weighted by Crippen LogP contribution is 2.35. The lowest BCUT2D eigenvalue weighted by molar-refractivity contribution is 0.0948. The van der Waals surface area contributed by atoms with Crippen molar-refractivity contribution < 1.29 is 17.6 Å². The molecule has 1 aliphatic rings. The van der Waals surface area contributed by atoms with Gasteiger partial charge in [0.05, 0.1) is 31.4 Å². The zero-order valence-corrected chi connectivity index (χ0v) is 23.5. The Balaban J connectivity index is 1.14. The van der Waals surface area contributed by atoms with Crippen molar-refractivity contribution >= 4 is 59.9 Å². The van der Waals surface area contributed by atoms with E-state index in [0.29, 0.717) is 13.1 Å². The number of aryl methyl sites for hydroxylation is 1. The third-order valence-electron chi connectivity index (χ3n) is 6.58. The van der Waals surface area contributed by atoms with Gasteiger partial charge in [0, 0.05) is 39.3 Å². The van der Waals surface area contributed by atoms with Crippen molar-refractivity contribution in [3.05, 3.63) is 82.6 Å². The number of para-hydroxylation sites is 1. The van der Waals surface area contributed by atoms with Crippen LogP contribution in [0.1, 0.15) is 15.9 Å². The first kappa shape index (κ1) is 27.3. The molecule has 1 aromatic heterocycles. The van der Waals surface area contributed by atoms with Gasteiger partial charge in [-0.25, -0.2) is 17.8 Å². The maximum Gasteiger partial charge on any atom is 0.261 e. The minimum atomic E-state index is -3.99. The average Bonchev–Trinajstić information content (AvgIpc) is 3.39. The molecule has 0 aliphatic carbocycles. The highest BCUT2D eigenvalue weighted by atomic mass is 35.5. The normalized spacial score (nSPS) is 14.5. The quantitative estimate of drug-likeness (QED) is 0.309. The molecule has 1 aliphatic heterocycles. The van der Waals surface area contributed by atoms with Crippen LogP contribution in [-0.2, 0) is 10.0 Å². The highest BCUT2D eigenvalue weighted by Gasteiger charge is 2.22. The Kier molecular flexibility index (Phi) is 8.03. The number of hydrogen-bond acceptors (Lipinski definition) is 7. The predicted molar refractivity (Wildman–Crippen MR) is 154 cm³/mol. The number of amides is 1. The molecule has 0 spiro atoms. The molecule has 2 heterocycles. The molecular weight excluding hydrogens is 561 g/mol. The number of thiazole rings is 1. The number of rotatable bonds is 8. The number of halogens is 2. The van der Waals surface area contributed by atoms with Crippen molar-refractivity contribution in [3.8, 4) is 0 Å². The predicted octanol–water partition coefficient (Wildman–Crippen LogP) is 4.75. The first-order chi connectivity index (χ1) is 18.7. The highest BCUT2D eigenvalue weighted by molar-refractivity contribution is 7.92. The second-order valence-corrected chi connectivity index (χ2v) is 12.3. The fraction of sp³-hybridized carbons (Fsp3) is 0.259. The SMILES string of the molecule is Cc1ccc(Cl)c2sc(N3CCN(CCNC(=O)c4ccccc4NS(=O)(=O)c4ccc(F)cc4)CC3)nc12. The molecule has 8 nitrogen and oxygen atoms in total. The van der Waals surface area contributed by atoms with Gasteiger partial charge in [-0.05, 0) is 55.0 Å². The minimum Gasteiger partial charge on any atom is -0.351 e. The summed E-state index contributed by atoms with van der Waals surface area (Å²) >= 11 is 7.98. The Morgan fingerprint density at radius 1 is 1.05 bits per heavy atom. The average molecular weight is 588 g/mol. The van der Waals surface area contributed by atoms with E-state index >= 15 is 0 Å². The molecule has 12 heteroatoms. The molecule has 0 unspecified atom stereocenters. The molecule has 0 saturated carbocycles. The summed E-state index contributed by atoms with van der Waals surface area (Å²) in [6, 6.07) is 14.8. The fourth-order valence-electron chi connectivity index (χ4n) is 4.40. The van der Waals surface area contributed by atoms with E-state index in [9.17, 15) is 17.6 Å². The number of piperazine rings is 1. The minimum absolute atomic E-state index is 0.0951. The van der Waals surface area contributed by atoms with Crippen molar-refractivity contribution in [1.82, 2.24) is 15.2 Å². The Bertz CT molecular complexity index is 1560. The summed E-state index contributed by atoms with van der Waals surface area (Å²) < 4.78 is 42.1. The van der Waals surface area contributed by atoms with Crippen molar-refractivity contribution in [1.29, 1.82) is 0 Å². The van der Waals surface area contributed by atoms with Gasteiger partial charge in [-0.3, -0.25) is 14.4 Å². The standard InChI is InChI=1S/C27H27ClFN5O3S2/c1-18-6-11-22(28)25-24(18)31-27(38-25)34-16-14-33(15-17-34)13-12-30-26(35)21-4-2-3-5-23(21)32-39(36,37)20-9-7-19(29)8-10-20/h2-11,32H,12-17H2,1H3,(H,30,35). The summed E-state index contributed by atoms with van der Waals surface area (Å²) in [4.78, 5) is 22.2. The lowest BCUT2D eigenvalue weighted by Gasteiger charge is -2.34. The van der Waals surface area contributed by atoms with Crippen molar-refractivity contribution in [2.24, 2.45) is 0 Å². The molecule has 5 rings (SSSR count). The molecule has 0 bridgehead atoms. The molecule has 204 valence electrons. The van der Waals surface area contributed by atoms with Crippen LogP contribution in [0.15, 0.2) is 65.6 Å². The van der Waals surface area contributed by atoms with Crippen LogP contribution in [-0.4, -0.2) is 63.5 Å². The van der Waals surface area contributed by atoms with Crippen molar-refractivity contribution in [2.45, 2.75) is 11.8 Å². The number of sulfonamides is 1. The monoisotopic (exact) mass is 587 g/mol. The zero-order chi connectivity index (χ0) is 27.6. The van der Waals surface area contributed by atoms with Crippen LogP contribution in [0.3, 0.4) is 0 Å². The van der Waals surface area contributed by atoms with E-state index in [1.54, 1.807) is 29.5 Å². The van der Waals surface area contributed by atoms with Gasteiger partial charge in [0.25, 0.3) is 15.9 Å².